The Hall–Kier alpha value is -0.160. The SMILES string of the molecule is Cc1sc(Br)cc1C(Br)c1ccc2cc(Br)ccc2c1. The van der Waals surface area contributed by atoms with E-state index >= 15 is 0 Å². The normalized spacial score (nSPS) is 12.8. The summed E-state index contributed by atoms with van der Waals surface area (Å²) in [6.45, 7) is 2.16. The van der Waals surface area contributed by atoms with E-state index in [2.05, 4.69) is 97.2 Å². The number of thiophene rings is 1. The van der Waals surface area contributed by atoms with Gasteiger partial charge >= 0.3 is 0 Å². The van der Waals surface area contributed by atoms with E-state index in [1.165, 1.54) is 30.6 Å². The molecule has 2 aromatic carbocycles. The van der Waals surface area contributed by atoms with E-state index in [0.717, 1.165) is 4.47 Å². The van der Waals surface area contributed by atoms with E-state index in [1.54, 1.807) is 11.3 Å². The Kier molecular flexibility index (Phi) is 4.37. The lowest BCUT2D eigenvalue weighted by atomic mass is 10.0. The number of alkyl halides is 1. The van der Waals surface area contributed by atoms with Crippen LogP contribution in [0.2, 0.25) is 0 Å². The first-order chi connectivity index (χ1) is 9.54. The molecule has 3 rings (SSSR count). The lowest BCUT2D eigenvalue weighted by molar-refractivity contribution is 1.18. The molecule has 4 heteroatoms. The lowest BCUT2D eigenvalue weighted by Crippen LogP contribution is -1.92. The molecule has 0 N–H and O–H groups in total. The molecule has 20 heavy (non-hydrogen) atoms. The van der Waals surface area contributed by atoms with Gasteiger partial charge in [-0.05, 0) is 69.0 Å². The van der Waals surface area contributed by atoms with Gasteiger partial charge < -0.3 is 0 Å². The Morgan fingerprint density at radius 1 is 0.950 bits per heavy atom. The zero-order chi connectivity index (χ0) is 14.3. The molecule has 0 aliphatic carbocycles. The fourth-order valence-corrected chi connectivity index (χ4v) is 5.32. The van der Waals surface area contributed by atoms with Crippen molar-refractivity contribution in [2.24, 2.45) is 0 Å². The molecular weight excluding hydrogens is 464 g/mol. The van der Waals surface area contributed by atoms with Gasteiger partial charge in [0.2, 0.25) is 0 Å². The van der Waals surface area contributed by atoms with Gasteiger partial charge in [0.05, 0.1) is 8.61 Å². The smallest absolute Gasteiger partial charge is 0.0704 e. The maximum atomic E-state index is 3.84. The summed E-state index contributed by atoms with van der Waals surface area (Å²) in [5.74, 6) is 0. The molecule has 0 aliphatic rings. The highest BCUT2D eigenvalue weighted by Gasteiger charge is 2.15. The van der Waals surface area contributed by atoms with Crippen molar-refractivity contribution in [1.82, 2.24) is 0 Å². The summed E-state index contributed by atoms with van der Waals surface area (Å²) in [5, 5.41) is 2.52. The average Bonchev–Trinajstić information content (AvgIpc) is 2.76. The first-order valence-corrected chi connectivity index (χ1v) is 9.45. The number of halogens is 3. The van der Waals surface area contributed by atoms with Gasteiger partial charge in [-0.25, -0.2) is 0 Å². The maximum Gasteiger partial charge on any atom is 0.0704 e. The topological polar surface area (TPSA) is 0 Å². The van der Waals surface area contributed by atoms with E-state index in [9.17, 15) is 0 Å². The molecule has 0 fully saturated rings. The Morgan fingerprint density at radius 2 is 1.65 bits per heavy atom. The average molecular weight is 475 g/mol. The Bertz CT molecular complexity index is 776. The van der Waals surface area contributed by atoms with E-state index in [4.69, 9.17) is 0 Å². The van der Waals surface area contributed by atoms with Crippen LogP contribution in [0.5, 0.6) is 0 Å². The Morgan fingerprint density at radius 3 is 2.35 bits per heavy atom. The van der Waals surface area contributed by atoms with E-state index in [-0.39, 0.29) is 4.83 Å². The summed E-state index contributed by atoms with van der Waals surface area (Å²) in [6.07, 6.45) is 0. The summed E-state index contributed by atoms with van der Waals surface area (Å²) < 4.78 is 2.30. The fourth-order valence-electron chi connectivity index (χ4n) is 2.28. The van der Waals surface area contributed by atoms with Crippen LogP contribution in [-0.2, 0) is 0 Å². The van der Waals surface area contributed by atoms with Crippen LogP contribution < -0.4 is 0 Å². The number of benzene rings is 2. The minimum atomic E-state index is 0.234. The van der Waals surface area contributed by atoms with Crippen LogP contribution in [-0.4, -0.2) is 0 Å². The first kappa shape index (κ1) is 14.8. The molecule has 1 aromatic heterocycles. The fraction of sp³-hybridized carbons (Fsp3) is 0.125. The van der Waals surface area contributed by atoms with Crippen LogP contribution in [0.25, 0.3) is 10.8 Å². The van der Waals surface area contributed by atoms with Gasteiger partial charge in [-0.2, -0.15) is 0 Å². The quantitative estimate of drug-likeness (QED) is 0.344. The summed E-state index contributed by atoms with van der Waals surface area (Å²) in [5.41, 5.74) is 2.62. The van der Waals surface area contributed by atoms with Crippen molar-refractivity contribution < 1.29 is 0 Å². The van der Waals surface area contributed by atoms with Crippen LogP contribution in [0.3, 0.4) is 0 Å². The van der Waals surface area contributed by atoms with Crippen LogP contribution in [0, 0.1) is 6.92 Å². The van der Waals surface area contributed by atoms with Gasteiger partial charge in [0.15, 0.2) is 0 Å². The number of aryl methyl sites for hydroxylation is 1. The molecule has 0 saturated heterocycles. The molecule has 0 saturated carbocycles. The second-order valence-corrected chi connectivity index (χ2v) is 9.14. The Labute approximate surface area is 147 Å². The zero-order valence-corrected chi connectivity index (χ0v) is 16.2. The third-order valence-electron chi connectivity index (χ3n) is 3.32. The third kappa shape index (κ3) is 2.89. The third-order valence-corrected chi connectivity index (χ3v) is 6.40. The van der Waals surface area contributed by atoms with E-state index < -0.39 is 0 Å². The second kappa shape index (κ2) is 5.91. The van der Waals surface area contributed by atoms with Gasteiger partial charge in [-0.15, -0.1) is 11.3 Å². The molecule has 0 nitrogen and oxygen atoms in total. The van der Waals surface area contributed by atoms with Gasteiger partial charge in [0.1, 0.15) is 0 Å². The summed E-state index contributed by atoms with van der Waals surface area (Å²) in [7, 11) is 0. The zero-order valence-electron chi connectivity index (χ0n) is 10.7. The standard InChI is InChI=1S/C16H11Br3S/c1-9-14(8-15(18)20-9)16(19)12-3-2-11-7-13(17)5-4-10(11)6-12/h2-8,16H,1H3. The molecule has 0 aliphatic heterocycles. The van der Waals surface area contributed by atoms with Crippen LogP contribution >= 0.6 is 59.1 Å². The lowest BCUT2D eigenvalue weighted by Gasteiger charge is -2.11. The summed E-state index contributed by atoms with van der Waals surface area (Å²) in [4.78, 5) is 1.58. The van der Waals surface area contributed by atoms with Crippen molar-refractivity contribution in [3.8, 4) is 0 Å². The first-order valence-electron chi connectivity index (χ1n) is 6.14. The van der Waals surface area contributed by atoms with Crippen molar-refractivity contribution >= 4 is 69.9 Å². The molecule has 1 unspecified atom stereocenters. The predicted molar refractivity (Wildman–Crippen MR) is 99.2 cm³/mol. The van der Waals surface area contributed by atoms with Gasteiger partial charge in [-0.1, -0.05) is 50.1 Å². The molecule has 0 bridgehead atoms. The Balaban J connectivity index is 2.05. The predicted octanol–water partition coefficient (Wildman–Crippen LogP) is 7.22. The molecule has 0 spiro atoms. The van der Waals surface area contributed by atoms with Crippen LogP contribution in [0.4, 0.5) is 0 Å². The number of hydrogen-bond acceptors (Lipinski definition) is 1. The van der Waals surface area contributed by atoms with Crippen LogP contribution in [0.1, 0.15) is 20.8 Å². The highest BCUT2D eigenvalue weighted by molar-refractivity contribution is 9.11. The van der Waals surface area contributed by atoms with Gasteiger partial charge in [0.25, 0.3) is 0 Å². The molecule has 3 aromatic rings. The van der Waals surface area contributed by atoms with Crippen LogP contribution in [0.15, 0.2) is 50.7 Å². The van der Waals surface area contributed by atoms with E-state index in [0.29, 0.717) is 0 Å². The molecule has 102 valence electrons. The molecule has 1 atom stereocenters. The van der Waals surface area contributed by atoms with Crippen molar-refractivity contribution in [2.75, 3.05) is 0 Å². The van der Waals surface area contributed by atoms with Crippen molar-refractivity contribution in [3.05, 3.63) is 66.7 Å². The van der Waals surface area contributed by atoms with Crippen molar-refractivity contribution in [2.45, 2.75) is 11.8 Å². The minimum Gasteiger partial charge on any atom is -0.133 e. The van der Waals surface area contributed by atoms with Crippen molar-refractivity contribution in [3.63, 3.8) is 0 Å². The van der Waals surface area contributed by atoms with Gasteiger partial charge in [0, 0.05) is 9.35 Å². The largest absolute Gasteiger partial charge is 0.133 e. The van der Waals surface area contributed by atoms with Gasteiger partial charge in [-0.3, -0.25) is 0 Å². The van der Waals surface area contributed by atoms with E-state index in [1.807, 2.05) is 0 Å². The number of rotatable bonds is 2. The second-order valence-electron chi connectivity index (χ2n) is 4.68. The van der Waals surface area contributed by atoms with Crippen molar-refractivity contribution in [1.29, 1.82) is 0 Å². The highest BCUT2D eigenvalue weighted by Crippen LogP contribution is 2.39. The summed E-state index contributed by atoms with van der Waals surface area (Å²) >= 11 is 12.7. The molecule has 0 radical (unpaired) electrons. The monoisotopic (exact) mass is 472 g/mol. The minimum absolute atomic E-state index is 0.234. The summed E-state index contributed by atoms with van der Waals surface area (Å²) in [6, 6.07) is 15.2. The highest BCUT2D eigenvalue weighted by atomic mass is 79.9. The molecular formula is C16H11Br3S. The number of hydrogen-bond donors (Lipinski definition) is 0. The molecule has 1 heterocycles. The maximum absolute atomic E-state index is 3.84. The molecule has 0 amide bonds. The number of fused-ring (bicyclic) bond motifs is 1.